The average molecular weight is 450 g/mol. The van der Waals surface area contributed by atoms with Crippen molar-refractivity contribution < 1.29 is 28.9 Å². The molecule has 1 atom stereocenters. The molecule has 172 valence electrons. The minimum absolute atomic E-state index is 0.0834. The van der Waals surface area contributed by atoms with Gasteiger partial charge in [0.05, 0.1) is 18.5 Å². The van der Waals surface area contributed by atoms with Gasteiger partial charge in [0, 0.05) is 19.6 Å². The second-order valence-corrected chi connectivity index (χ2v) is 7.27. The largest absolute Gasteiger partial charge is 0.481 e. The molecule has 0 aliphatic rings. The smallest absolute Gasteiger partial charge is 0.331 e. The number of hydrogen-bond acceptors (Lipinski definition) is 7. The van der Waals surface area contributed by atoms with E-state index in [0.717, 1.165) is 11.1 Å². The molecule has 2 N–H and O–H groups in total. The summed E-state index contributed by atoms with van der Waals surface area (Å²) in [5.74, 6) is -0.285. The van der Waals surface area contributed by atoms with Crippen molar-refractivity contribution in [1.29, 1.82) is 0 Å². The van der Waals surface area contributed by atoms with E-state index in [0.29, 0.717) is 23.7 Å². The first-order chi connectivity index (χ1) is 16.0. The van der Waals surface area contributed by atoms with Crippen LogP contribution in [-0.4, -0.2) is 41.8 Å². The van der Waals surface area contributed by atoms with E-state index in [4.69, 9.17) is 19.3 Å². The van der Waals surface area contributed by atoms with Crippen molar-refractivity contribution >= 4 is 17.6 Å². The first-order valence-electron chi connectivity index (χ1n) is 10.4. The highest BCUT2D eigenvalue weighted by molar-refractivity contribution is 5.79. The van der Waals surface area contributed by atoms with E-state index >= 15 is 0 Å². The highest BCUT2D eigenvalue weighted by Crippen LogP contribution is 2.22. The number of nitrogens with one attached hydrogen (secondary N) is 1. The molecule has 0 bridgehead atoms. The van der Waals surface area contributed by atoms with Crippen LogP contribution in [0.3, 0.4) is 0 Å². The summed E-state index contributed by atoms with van der Waals surface area (Å²) < 4.78 is 16.3. The third kappa shape index (κ3) is 7.93. The Morgan fingerprint density at radius 1 is 1.00 bits per heavy atom. The summed E-state index contributed by atoms with van der Waals surface area (Å²) in [7, 11) is 1.52. The van der Waals surface area contributed by atoms with Crippen LogP contribution in [0, 0.1) is 0 Å². The molecule has 0 saturated carbocycles. The number of hydrogen-bond donors (Lipinski definition) is 2. The highest BCUT2D eigenvalue weighted by atomic mass is 16.5. The molecule has 3 rings (SSSR count). The second-order valence-electron chi connectivity index (χ2n) is 7.27. The summed E-state index contributed by atoms with van der Waals surface area (Å²) >= 11 is 0. The van der Waals surface area contributed by atoms with Crippen molar-refractivity contribution in [3.05, 3.63) is 84.1 Å². The number of aliphatic carboxylic acids is 1. The van der Waals surface area contributed by atoms with Gasteiger partial charge in [-0.2, -0.15) is 0 Å². The fraction of sp³-hybridized carbons (Fsp3) is 0.240. The molecule has 0 amide bonds. The average Bonchev–Trinajstić information content (AvgIpc) is 2.83. The predicted molar refractivity (Wildman–Crippen MR) is 122 cm³/mol. The van der Waals surface area contributed by atoms with Gasteiger partial charge in [0.15, 0.2) is 0 Å². The fourth-order valence-corrected chi connectivity index (χ4v) is 2.99. The van der Waals surface area contributed by atoms with Gasteiger partial charge in [0.2, 0.25) is 5.88 Å². The Hall–Kier alpha value is -3.91. The number of aromatic nitrogens is 1. The summed E-state index contributed by atoms with van der Waals surface area (Å²) in [5.41, 5.74) is 2.44. The van der Waals surface area contributed by atoms with Crippen molar-refractivity contribution in [2.75, 3.05) is 19.0 Å². The van der Waals surface area contributed by atoms with Crippen LogP contribution in [0.15, 0.2) is 72.9 Å². The van der Waals surface area contributed by atoms with Crippen molar-refractivity contribution in [3.8, 4) is 11.6 Å². The maximum absolute atomic E-state index is 12.5. The molecule has 8 heteroatoms. The molecule has 1 heterocycles. The quantitative estimate of drug-likeness (QED) is 0.398. The number of carbonyl (C=O) groups is 2. The van der Waals surface area contributed by atoms with Crippen LogP contribution in [0.2, 0.25) is 0 Å². The molecule has 0 saturated heterocycles. The van der Waals surface area contributed by atoms with Crippen molar-refractivity contribution in [2.24, 2.45) is 0 Å². The van der Waals surface area contributed by atoms with Crippen molar-refractivity contribution in [3.63, 3.8) is 0 Å². The monoisotopic (exact) mass is 450 g/mol. The number of nitrogens with zero attached hydrogens (tertiary/aromatic N) is 1. The Morgan fingerprint density at radius 2 is 1.76 bits per heavy atom. The van der Waals surface area contributed by atoms with Crippen LogP contribution in [0.4, 0.5) is 5.69 Å². The summed E-state index contributed by atoms with van der Waals surface area (Å²) in [6, 6.07) is 19.4. The first-order valence-corrected chi connectivity index (χ1v) is 10.4. The molecule has 1 unspecified atom stereocenters. The Labute approximate surface area is 192 Å². The van der Waals surface area contributed by atoms with Gasteiger partial charge in [-0.05, 0) is 35.7 Å². The van der Waals surface area contributed by atoms with E-state index in [-0.39, 0.29) is 19.6 Å². The molecule has 0 aliphatic carbocycles. The van der Waals surface area contributed by atoms with Gasteiger partial charge >= 0.3 is 11.9 Å². The van der Waals surface area contributed by atoms with Gasteiger partial charge in [-0.3, -0.25) is 4.79 Å². The van der Waals surface area contributed by atoms with E-state index < -0.39 is 18.0 Å². The lowest BCUT2D eigenvalue weighted by molar-refractivity contribution is -0.147. The Balaban J connectivity index is 1.54. The molecular formula is C25H26N2O6. The fourth-order valence-electron chi connectivity index (χ4n) is 2.99. The molecule has 3 aromatic rings. The van der Waals surface area contributed by atoms with E-state index in [1.807, 2.05) is 42.5 Å². The summed E-state index contributed by atoms with van der Waals surface area (Å²) in [5, 5.41) is 11.8. The van der Waals surface area contributed by atoms with Gasteiger partial charge < -0.3 is 24.6 Å². The minimum atomic E-state index is -0.828. The highest BCUT2D eigenvalue weighted by Gasteiger charge is 2.20. The molecule has 2 aromatic carbocycles. The minimum Gasteiger partial charge on any atom is -0.481 e. The molecule has 33 heavy (non-hydrogen) atoms. The molecule has 0 radical (unpaired) electrons. The number of esters is 1. The number of carbonyl (C=O) groups excluding carboxylic acids is 1. The predicted octanol–water partition coefficient (Wildman–Crippen LogP) is 4.06. The third-order valence-corrected chi connectivity index (χ3v) is 4.69. The number of benzene rings is 2. The van der Waals surface area contributed by atoms with Gasteiger partial charge in [-0.25, -0.2) is 9.78 Å². The number of methoxy groups -OCH3 is 1. The van der Waals surface area contributed by atoms with Crippen LogP contribution in [0.25, 0.3) is 0 Å². The number of aryl methyl sites for hydroxylation is 1. The maximum atomic E-state index is 12.5. The van der Waals surface area contributed by atoms with Crippen LogP contribution < -0.4 is 10.1 Å². The lowest BCUT2D eigenvalue weighted by Gasteiger charge is -2.18. The van der Waals surface area contributed by atoms with E-state index in [9.17, 15) is 9.59 Å². The zero-order valence-corrected chi connectivity index (χ0v) is 18.3. The number of carboxylic acids is 1. The number of carboxylic acid groups (broad SMARTS) is 1. The van der Waals surface area contributed by atoms with Crippen LogP contribution in [0.5, 0.6) is 11.6 Å². The van der Waals surface area contributed by atoms with Gasteiger partial charge in [-0.1, -0.05) is 42.5 Å². The standard InChI is InChI=1S/C25H26N2O6/c1-31-17-22(25(30)32-16-19-5-3-2-4-6-19)27-20-10-13-23(26-15-20)33-21-11-7-18(8-12-21)9-14-24(28)29/h2-8,10-13,15,22,27H,9,14,16-17H2,1H3,(H,28,29). The molecule has 0 spiro atoms. The number of ether oxygens (including phenoxy) is 3. The molecule has 1 aromatic heterocycles. The van der Waals surface area contributed by atoms with Crippen LogP contribution in [0.1, 0.15) is 17.5 Å². The molecule has 0 fully saturated rings. The molecule has 8 nitrogen and oxygen atoms in total. The van der Waals surface area contributed by atoms with Crippen molar-refractivity contribution in [1.82, 2.24) is 4.98 Å². The Morgan fingerprint density at radius 3 is 2.39 bits per heavy atom. The second kappa shape index (κ2) is 12.2. The lowest BCUT2D eigenvalue weighted by atomic mass is 10.1. The third-order valence-electron chi connectivity index (χ3n) is 4.69. The maximum Gasteiger partial charge on any atom is 0.331 e. The molecular weight excluding hydrogens is 424 g/mol. The normalized spacial score (nSPS) is 11.4. The zero-order chi connectivity index (χ0) is 23.5. The molecule has 0 aliphatic heterocycles. The number of pyridine rings is 1. The van der Waals surface area contributed by atoms with Gasteiger partial charge in [0.1, 0.15) is 18.4 Å². The van der Waals surface area contributed by atoms with E-state index in [1.54, 1.807) is 30.5 Å². The number of rotatable bonds is 12. The lowest BCUT2D eigenvalue weighted by Crippen LogP contribution is -2.35. The Bertz CT molecular complexity index is 1020. The topological polar surface area (TPSA) is 107 Å². The SMILES string of the molecule is COCC(Nc1ccc(Oc2ccc(CCC(=O)O)cc2)nc1)C(=O)OCc1ccccc1. The summed E-state index contributed by atoms with van der Waals surface area (Å²) in [6.07, 6.45) is 2.11. The van der Waals surface area contributed by atoms with Crippen LogP contribution >= 0.6 is 0 Å². The Kier molecular flexibility index (Phi) is 8.79. The first kappa shape index (κ1) is 23.7. The summed E-state index contributed by atoms with van der Waals surface area (Å²) in [4.78, 5) is 27.4. The van der Waals surface area contributed by atoms with E-state index in [1.165, 1.54) is 7.11 Å². The van der Waals surface area contributed by atoms with Crippen LogP contribution in [-0.2, 0) is 32.1 Å². The van der Waals surface area contributed by atoms with E-state index in [2.05, 4.69) is 10.3 Å². The number of anilines is 1. The van der Waals surface area contributed by atoms with Crippen molar-refractivity contribution in [2.45, 2.75) is 25.5 Å². The zero-order valence-electron chi connectivity index (χ0n) is 18.3. The summed E-state index contributed by atoms with van der Waals surface area (Å²) in [6.45, 7) is 0.321. The van der Waals surface area contributed by atoms with Gasteiger partial charge in [0.25, 0.3) is 0 Å². The van der Waals surface area contributed by atoms with Gasteiger partial charge in [-0.15, -0.1) is 0 Å².